The van der Waals surface area contributed by atoms with Crippen LogP contribution in [0.4, 0.5) is 8.78 Å². The van der Waals surface area contributed by atoms with Gasteiger partial charge in [-0.05, 0) is 54.1 Å². The van der Waals surface area contributed by atoms with Gasteiger partial charge in [-0.25, -0.2) is 8.78 Å². The molecule has 0 aliphatic rings. The first kappa shape index (κ1) is 21.4. The molecule has 0 amide bonds. The largest absolute Gasteiger partial charge is 0.496 e. The van der Waals surface area contributed by atoms with Gasteiger partial charge < -0.3 is 14.5 Å². The Balaban J connectivity index is 1.55. The van der Waals surface area contributed by atoms with Crippen LogP contribution in [0.15, 0.2) is 71.3 Å². The third kappa shape index (κ3) is 4.75. The number of hydrogen-bond acceptors (Lipinski definition) is 2. The van der Waals surface area contributed by atoms with E-state index in [1.54, 1.807) is 43.5 Å². The third-order valence-corrected chi connectivity index (χ3v) is 5.59. The van der Waals surface area contributed by atoms with Crippen molar-refractivity contribution in [3.63, 3.8) is 0 Å². The van der Waals surface area contributed by atoms with E-state index in [1.807, 2.05) is 18.3 Å². The van der Waals surface area contributed by atoms with Gasteiger partial charge in [-0.2, -0.15) is 0 Å². The number of ether oxygens (including phenoxy) is 2. The van der Waals surface area contributed by atoms with Crippen LogP contribution in [0.5, 0.6) is 11.5 Å². The number of rotatable bonds is 6. The molecule has 1 N–H and O–H groups in total. The van der Waals surface area contributed by atoms with Crippen LogP contribution >= 0.6 is 27.5 Å². The second kappa shape index (κ2) is 9.12. The van der Waals surface area contributed by atoms with E-state index in [0.29, 0.717) is 21.5 Å². The Labute approximate surface area is 191 Å². The van der Waals surface area contributed by atoms with E-state index >= 15 is 0 Å². The number of H-pyrrole nitrogens is 1. The highest BCUT2D eigenvalue weighted by molar-refractivity contribution is 9.10. The van der Waals surface area contributed by atoms with Crippen LogP contribution in [-0.4, -0.2) is 12.1 Å². The molecule has 0 bridgehead atoms. The van der Waals surface area contributed by atoms with Crippen LogP contribution in [0, 0.1) is 11.6 Å². The van der Waals surface area contributed by atoms with Crippen LogP contribution in [0.3, 0.4) is 0 Å². The maximum absolute atomic E-state index is 14.0. The molecule has 31 heavy (non-hydrogen) atoms. The smallest absolute Gasteiger partial charge is 0.141 e. The highest BCUT2D eigenvalue weighted by Gasteiger charge is 2.12. The zero-order valence-electron chi connectivity index (χ0n) is 16.4. The second-order valence-electron chi connectivity index (χ2n) is 6.82. The summed E-state index contributed by atoms with van der Waals surface area (Å²) >= 11 is 9.14. The lowest BCUT2D eigenvalue weighted by molar-refractivity contribution is 0.297. The highest BCUT2D eigenvalue weighted by Crippen LogP contribution is 2.36. The molecule has 1 heterocycles. The molecule has 158 valence electrons. The monoisotopic (exact) mass is 503 g/mol. The van der Waals surface area contributed by atoms with E-state index in [2.05, 4.69) is 20.9 Å². The van der Waals surface area contributed by atoms with Crippen molar-refractivity contribution in [1.29, 1.82) is 0 Å². The molecule has 3 aromatic carbocycles. The lowest BCUT2D eigenvalue weighted by Crippen LogP contribution is -1.99. The predicted octanol–water partition coefficient (Wildman–Crippen LogP) is 7.63. The van der Waals surface area contributed by atoms with Crippen molar-refractivity contribution in [1.82, 2.24) is 4.98 Å². The lowest BCUT2D eigenvalue weighted by Gasteiger charge is -2.12. The molecule has 0 fully saturated rings. The van der Waals surface area contributed by atoms with Crippen molar-refractivity contribution in [2.45, 2.75) is 6.61 Å². The van der Waals surface area contributed by atoms with Gasteiger partial charge in [0, 0.05) is 39.1 Å². The minimum atomic E-state index is -0.461. The Morgan fingerprint density at radius 2 is 1.77 bits per heavy atom. The van der Waals surface area contributed by atoms with E-state index in [1.165, 1.54) is 12.1 Å². The van der Waals surface area contributed by atoms with E-state index in [4.69, 9.17) is 21.1 Å². The maximum atomic E-state index is 14.0. The Kier molecular flexibility index (Phi) is 6.30. The van der Waals surface area contributed by atoms with Crippen molar-refractivity contribution in [2.75, 3.05) is 7.11 Å². The summed E-state index contributed by atoms with van der Waals surface area (Å²) in [7, 11) is 1.57. The molecule has 1 aromatic heterocycles. The minimum Gasteiger partial charge on any atom is -0.496 e. The zero-order valence-corrected chi connectivity index (χ0v) is 18.7. The normalized spacial score (nSPS) is 10.9. The average molecular weight is 505 g/mol. The van der Waals surface area contributed by atoms with Crippen molar-refractivity contribution in [3.05, 3.63) is 93.6 Å². The first-order valence-electron chi connectivity index (χ1n) is 9.33. The highest BCUT2D eigenvalue weighted by atomic mass is 79.9. The van der Waals surface area contributed by atoms with Crippen LogP contribution < -0.4 is 9.47 Å². The van der Waals surface area contributed by atoms with E-state index < -0.39 is 5.82 Å². The molecule has 0 aliphatic heterocycles. The van der Waals surface area contributed by atoms with E-state index in [0.717, 1.165) is 22.4 Å². The molecule has 0 saturated heterocycles. The first-order valence-corrected chi connectivity index (χ1v) is 10.5. The fraction of sp³-hybridized carbons (Fsp3) is 0.0833. The Morgan fingerprint density at radius 1 is 0.935 bits per heavy atom. The molecule has 7 heteroatoms. The lowest BCUT2D eigenvalue weighted by atomic mass is 10.1. The molecule has 0 spiro atoms. The summed E-state index contributed by atoms with van der Waals surface area (Å²) in [5.41, 5.74) is 3.76. The quantitative estimate of drug-likeness (QED) is 0.293. The number of aromatic nitrogens is 1. The van der Waals surface area contributed by atoms with Gasteiger partial charge in [0.15, 0.2) is 0 Å². The van der Waals surface area contributed by atoms with Crippen LogP contribution in [0.2, 0.25) is 5.02 Å². The molecular formula is C24H17BrClF2NO2. The molecule has 4 aromatic rings. The molecule has 3 nitrogen and oxygen atoms in total. The number of methoxy groups -OCH3 is 1. The van der Waals surface area contributed by atoms with E-state index in [-0.39, 0.29) is 17.4 Å². The van der Waals surface area contributed by atoms with Gasteiger partial charge in [-0.3, -0.25) is 0 Å². The number of halogens is 4. The Morgan fingerprint density at radius 3 is 2.52 bits per heavy atom. The van der Waals surface area contributed by atoms with Crippen LogP contribution in [-0.2, 0) is 6.61 Å². The Hall–Kier alpha value is -2.83. The Bertz CT molecular complexity index is 1240. The van der Waals surface area contributed by atoms with Crippen molar-refractivity contribution in [3.8, 4) is 33.9 Å². The maximum Gasteiger partial charge on any atom is 0.141 e. The summed E-state index contributed by atoms with van der Waals surface area (Å²) in [5, 5.41) is 0.0648. The summed E-state index contributed by atoms with van der Waals surface area (Å²) < 4.78 is 39.4. The number of benzene rings is 3. The number of aromatic amines is 1. The topological polar surface area (TPSA) is 34.2 Å². The molecule has 0 unspecified atom stereocenters. The molecular weight excluding hydrogens is 488 g/mol. The summed E-state index contributed by atoms with van der Waals surface area (Å²) in [6.45, 7) is 0.0985. The summed E-state index contributed by atoms with van der Waals surface area (Å²) in [6, 6.07) is 16.8. The van der Waals surface area contributed by atoms with Gasteiger partial charge in [0.1, 0.15) is 29.7 Å². The van der Waals surface area contributed by atoms with Gasteiger partial charge in [0.25, 0.3) is 0 Å². The van der Waals surface area contributed by atoms with Crippen molar-refractivity contribution in [2.24, 2.45) is 0 Å². The predicted molar refractivity (Wildman–Crippen MR) is 122 cm³/mol. The summed E-state index contributed by atoms with van der Waals surface area (Å²) in [4.78, 5) is 3.18. The molecule has 0 radical (unpaired) electrons. The summed E-state index contributed by atoms with van der Waals surface area (Å²) in [6.07, 6.45) is 1.84. The number of nitrogens with one attached hydrogen (secondary N) is 1. The standard InChI is InChI=1S/C24H17BrClF2NO2/c1-30-24-11-18(31-13-15-2-4-17(25)10-22(15)28)5-6-19(24)16-9-23(29-12-16)14-3-7-21(27)20(26)8-14/h2-12,29H,13H2,1H3. The summed E-state index contributed by atoms with van der Waals surface area (Å²) in [5.74, 6) is 0.372. The van der Waals surface area contributed by atoms with Gasteiger partial charge in [-0.15, -0.1) is 0 Å². The molecule has 0 atom stereocenters. The SMILES string of the molecule is COc1cc(OCc2ccc(Br)cc2F)ccc1-c1c[nH]c(-c2ccc(F)c(Cl)c2)c1. The fourth-order valence-electron chi connectivity index (χ4n) is 3.18. The zero-order chi connectivity index (χ0) is 22.0. The average Bonchev–Trinajstić information content (AvgIpc) is 3.25. The van der Waals surface area contributed by atoms with Crippen molar-refractivity contribution < 1.29 is 18.3 Å². The van der Waals surface area contributed by atoms with Crippen LogP contribution in [0.25, 0.3) is 22.4 Å². The second-order valence-corrected chi connectivity index (χ2v) is 8.14. The van der Waals surface area contributed by atoms with Gasteiger partial charge >= 0.3 is 0 Å². The van der Waals surface area contributed by atoms with Gasteiger partial charge in [0.2, 0.25) is 0 Å². The fourth-order valence-corrected chi connectivity index (χ4v) is 3.69. The third-order valence-electron chi connectivity index (χ3n) is 4.81. The first-order chi connectivity index (χ1) is 14.9. The minimum absolute atomic E-state index is 0.0648. The van der Waals surface area contributed by atoms with Gasteiger partial charge in [-0.1, -0.05) is 33.6 Å². The molecule has 4 rings (SSSR count). The van der Waals surface area contributed by atoms with Crippen LogP contribution in [0.1, 0.15) is 5.56 Å². The van der Waals surface area contributed by atoms with E-state index in [9.17, 15) is 8.78 Å². The number of hydrogen-bond donors (Lipinski definition) is 1. The molecule has 0 saturated carbocycles. The molecule has 0 aliphatic carbocycles. The van der Waals surface area contributed by atoms with Crippen molar-refractivity contribution >= 4 is 27.5 Å². The van der Waals surface area contributed by atoms with Gasteiger partial charge in [0.05, 0.1) is 12.1 Å².